The second-order valence-electron chi connectivity index (χ2n) is 5.68. The zero-order valence-electron chi connectivity index (χ0n) is 14.1. The van der Waals surface area contributed by atoms with Crippen molar-refractivity contribution in [3.8, 4) is 11.3 Å². The van der Waals surface area contributed by atoms with E-state index in [9.17, 15) is 4.79 Å². The summed E-state index contributed by atoms with van der Waals surface area (Å²) in [5.41, 5.74) is 2.95. The number of carbonyl (C=O) groups is 1. The number of amides is 1. The molecule has 7 heteroatoms. The molecular weight excluding hydrogens is 322 g/mol. The lowest BCUT2D eigenvalue weighted by Gasteiger charge is -2.12. The minimum Gasteiger partial charge on any atom is -0.345 e. The van der Waals surface area contributed by atoms with Gasteiger partial charge in [-0.05, 0) is 32.9 Å². The molecule has 0 aliphatic carbocycles. The maximum absolute atomic E-state index is 12.8. The molecule has 0 radical (unpaired) electrons. The van der Waals surface area contributed by atoms with Crippen LogP contribution in [0, 0.1) is 13.8 Å². The molecule has 0 bridgehead atoms. The van der Waals surface area contributed by atoms with Crippen LogP contribution in [0.4, 0.5) is 0 Å². The monoisotopic (exact) mass is 341 g/mol. The van der Waals surface area contributed by atoms with Gasteiger partial charge in [0.1, 0.15) is 5.69 Å². The van der Waals surface area contributed by atoms with Crippen molar-refractivity contribution < 1.29 is 4.79 Å². The Bertz CT molecular complexity index is 868. The van der Waals surface area contributed by atoms with Gasteiger partial charge in [-0.1, -0.05) is 0 Å². The number of aromatic nitrogens is 4. The molecular formula is C17H19N5OS. The second-order valence-corrected chi connectivity index (χ2v) is 6.92. The molecule has 124 valence electrons. The highest BCUT2D eigenvalue weighted by molar-refractivity contribution is 7.11. The van der Waals surface area contributed by atoms with Gasteiger partial charge in [-0.15, -0.1) is 11.3 Å². The van der Waals surface area contributed by atoms with E-state index in [1.54, 1.807) is 41.7 Å². The van der Waals surface area contributed by atoms with Crippen LogP contribution in [0.1, 0.15) is 38.9 Å². The molecule has 24 heavy (non-hydrogen) atoms. The van der Waals surface area contributed by atoms with Crippen LogP contribution in [0.2, 0.25) is 0 Å². The largest absolute Gasteiger partial charge is 0.345 e. The molecule has 0 spiro atoms. The molecule has 0 saturated heterocycles. The lowest BCUT2D eigenvalue weighted by molar-refractivity contribution is 0.0941. The fourth-order valence-corrected chi connectivity index (χ4v) is 3.59. The number of thiazole rings is 1. The number of carbonyl (C=O) groups excluding carboxylic acids is 1. The van der Waals surface area contributed by atoms with Crippen molar-refractivity contribution in [2.24, 2.45) is 7.05 Å². The van der Waals surface area contributed by atoms with Crippen molar-refractivity contribution in [2.45, 2.75) is 26.8 Å². The topological polar surface area (TPSA) is 72.7 Å². The lowest BCUT2D eigenvalue weighted by Crippen LogP contribution is -2.26. The van der Waals surface area contributed by atoms with E-state index in [0.717, 1.165) is 21.1 Å². The van der Waals surface area contributed by atoms with Gasteiger partial charge >= 0.3 is 0 Å². The quantitative estimate of drug-likeness (QED) is 0.791. The van der Waals surface area contributed by atoms with Crippen molar-refractivity contribution in [1.82, 2.24) is 25.1 Å². The summed E-state index contributed by atoms with van der Waals surface area (Å²) >= 11 is 1.61. The van der Waals surface area contributed by atoms with Gasteiger partial charge in [0.2, 0.25) is 0 Å². The average Bonchev–Trinajstić information content (AvgIpc) is 3.10. The van der Waals surface area contributed by atoms with E-state index in [1.807, 2.05) is 32.9 Å². The summed E-state index contributed by atoms with van der Waals surface area (Å²) in [7, 11) is 1.80. The number of nitrogens with zero attached hydrogens (tertiary/aromatic N) is 4. The van der Waals surface area contributed by atoms with E-state index in [4.69, 9.17) is 0 Å². The molecule has 3 rings (SSSR count). The van der Waals surface area contributed by atoms with Gasteiger partial charge in [-0.25, -0.2) is 4.98 Å². The molecule has 1 unspecified atom stereocenters. The lowest BCUT2D eigenvalue weighted by atomic mass is 10.1. The summed E-state index contributed by atoms with van der Waals surface area (Å²) in [6.07, 6.45) is 5.14. The Balaban J connectivity index is 1.87. The Labute approximate surface area is 144 Å². The summed E-state index contributed by atoms with van der Waals surface area (Å²) in [5, 5.41) is 8.46. The van der Waals surface area contributed by atoms with Gasteiger partial charge in [0.05, 0.1) is 22.3 Å². The minimum absolute atomic E-state index is 0.106. The smallest absolute Gasteiger partial charge is 0.255 e. The van der Waals surface area contributed by atoms with Crippen LogP contribution in [0.15, 0.2) is 30.7 Å². The van der Waals surface area contributed by atoms with Gasteiger partial charge in [-0.2, -0.15) is 5.10 Å². The molecule has 3 aromatic rings. The molecule has 1 amide bonds. The van der Waals surface area contributed by atoms with Crippen molar-refractivity contribution in [2.75, 3.05) is 0 Å². The van der Waals surface area contributed by atoms with E-state index >= 15 is 0 Å². The Kier molecular flexibility index (Phi) is 4.44. The zero-order chi connectivity index (χ0) is 17.3. The minimum atomic E-state index is -0.153. The molecule has 0 saturated carbocycles. The Morgan fingerprint density at radius 2 is 2.17 bits per heavy atom. The second kappa shape index (κ2) is 6.52. The molecule has 0 aliphatic heterocycles. The third kappa shape index (κ3) is 3.21. The predicted octanol–water partition coefficient (Wildman–Crippen LogP) is 3.05. The maximum atomic E-state index is 12.8. The van der Waals surface area contributed by atoms with Crippen LogP contribution in [-0.4, -0.2) is 25.7 Å². The Hall–Kier alpha value is -2.54. The highest BCUT2D eigenvalue weighted by Crippen LogP contribution is 2.26. The van der Waals surface area contributed by atoms with Gasteiger partial charge in [0.25, 0.3) is 5.91 Å². The van der Waals surface area contributed by atoms with Gasteiger partial charge in [-0.3, -0.25) is 14.5 Å². The fourth-order valence-electron chi connectivity index (χ4n) is 2.66. The van der Waals surface area contributed by atoms with E-state index < -0.39 is 0 Å². The molecule has 1 atom stereocenters. The van der Waals surface area contributed by atoms with Crippen LogP contribution >= 0.6 is 11.3 Å². The van der Waals surface area contributed by atoms with E-state index in [1.165, 1.54) is 0 Å². The van der Waals surface area contributed by atoms with Gasteiger partial charge in [0.15, 0.2) is 0 Å². The first kappa shape index (κ1) is 16.3. The Morgan fingerprint density at radius 1 is 1.38 bits per heavy atom. The number of rotatable bonds is 4. The predicted molar refractivity (Wildman–Crippen MR) is 93.9 cm³/mol. The number of hydrogen-bond donors (Lipinski definition) is 1. The van der Waals surface area contributed by atoms with Crippen LogP contribution in [0.3, 0.4) is 0 Å². The third-order valence-electron chi connectivity index (χ3n) is 3.69. The van der Waals surface area contributed by atoms with Crippen molar-refractivity contribution in [1.29, 1.82) is 0 Å². The normalized spacial score (nSPS) is 12.2. The van der Waals surface area contributed by atoms with Crippen molar-refractivity contribution >= 4 is 17.2 Å². The van der Waals surface area contributed by atoms with Crippen LogP contribution in [0.25, 0.3) is 11.3 Å². The van der Waals surface area contributed by atoms with E-state index in [2.05, 4.69) is 20.4 Å². The van der Waals surface area contributed by atoms with Gasteiger partial charge in [0, 0.05) is 36.1 Å². The molecule has 3 aromatic heterocycles. The maximum Gasteiger partial charge on any atom is 0.255 e. The number of pyridine rings is 1. The average molecular weight is 341 g/mol. The van der Waals surface area contributed by atoms with Crippen molar-refractivity contribution in [3.63, 3.8) is 0 Å². The third-order valence-corrected chi connectivity index (χ3v) is 4.94. The summed E-state index contributed by atoms with van der Waals surface area (Å²) in [6.45, 7) is 5.90. The molecule has 0 fully saturated rings. The molecule has 6 nitrogen and oxygen atoms in total. The molecule has 3 heterocycles. The fraction of sp³-hybridized carbons (Fsp3) is 0.294. The standard InChI is InChI=1S/C17H19N5OS/c1-10-16(24-12(3)19-10)11(2)20-17(23)14-9-22(4)21-15(14)13-6-5-7-18-8-13/h5-9,11H,1-4H3,(H,20,23). The summed E-state index contributed by atoms with van der Waals surface area (Å²) in [5.74, 6) is -0.153. The highest BCUT2D eigenvalue weighted by atomic mass is 32.1. The van der Waals surface area contributed by atoms with E-state index in [-0.39, 0.29) is 11.9 Å². The van der Waals surface area contributed by atoms with Crippen LogP contribution < -0.4 is 5.32 Å². The first-order chi connectivity index (χ1) is 11.5. The Morgan fingerprint density at radius 3 is 2.79 bits per heavy atom. The van der Waals surface area contributed by atoms with E-state index in [0.29, 0.717) is 11.3 Å². The first-order valence-electron chi connectivity index (χ1n) is 7.64. The number of nitrogens with one attached hydrogen (secondary N) is 1. The summed E-state index contributed by atoms with van der Waals surface area (Å²) in [6, 6.07) is 3.62. The molecule has 0 aliphatic rings. The molecule has 0 aromatic carbocycles. The van der Waals surface area contributed by atoms with Crippen molar-refractivity contribution in [3.05, 3.63) is 51.9 Å². The number of aryl methyl sites for hydroxylation is 3. The first-order valence-corrected chi connectivity index (χ1v) is 8.46. The van der Waals surface area contributed by atoms with Crippen LogP contribution in [0.5, 0.6) is 0 Å². The summed E-state index contributed by atoms with van der Waals surface area (Å²) < 4.78 is 1.64. The SMILES string of the molecule is Cc1nc(C)c(C(C)NC(=O)c2cn(C)nc2-c2cccnc2)s1. The number of hydrogen-bond acceptors (Lipinski definition) is 5. The van der Waals surface area contributed by atoms with Crippen LogP contribution in [-0.2, 0) is 7.05 Å². The summed E-state index contributed by atoms with van der Waals surface area (Å²) in [4.78, 5) is 22.4. The highest BCUT2D eigenvalue weighted by Gasteiger charge is 2.21. The zero-order valence-corrected chi connectivity index (χ0v) is 14.9. The molecule has 1 N–H and O–H groups in total. The van der Waals surface area contributed by atoms with Gasteiger partial charge < -0.3 is 5.32 Å².